The molecule has 0 aliphatic carbocycles. The monoisotopic (exact) mass is 229 g/mol. The van der Waals surface area contributed by atoms with Crippen molar-refractivity contribution in [2.24, 2.45) is 5.73 Å². The Balaban J connectivity index is 2.39. The molecule has 1 aromatic rings. The normalized spacial score (nSPS) is 19.5. The van der Waals surface area contributed by atoms with Crippen LogP contribution in [-0.2, 0) is 11.2 Å². The van der Waals surface area contributed by atoms with Crippen molar-refractivity contribution in [2.45, 2.75) is 25.8 Å². The van der Waals surface area contributed by atoms with Gasteiger partial charge in [0.25, 0.3) is 0 Å². The van der Waals surface area contributed by atoms with Gasteiger partial charge in [-0.25, -0.2) is 0 Å². The molecule has 1 unspecified atom stereocenters. The number of nitriles is 1. The Morgan fingerprint density at radius 1 is 1.59 bits per heavy atom. The van der Waals surface area contributed by atoms with E-state index in [2.05, 4.69) is 6.07 Å². The van der Waals surface area contributed by atoms with Crippen LogP contribution in [0.3, 0.4) is 0 Å². The van der Waals surface area contributed by atoms with E-state index < -0.39 is 0 Å². The molecule has 0 spiro atoms. The summed E-state index contributed by atoms with van der Waals surface area (Å²) < 4.78 is 0. The Morgan fingerprint density at radius 3 is 2.88 bits per heavy atom. The molecule has 0 radical (unpaired) electrons. The minimum absolute atomic E-state index is 0.0666. The van der Waals surface area contributed by atoms with Crippen molar-refractivity contribution in [3.05, 3.63) is 29.3 Å². The van der Waals surface area contributed by atoms with Gasteiger partial charge in [-0.05, 0) is 30.2 Å². The molecule has 2 N–H and O–H groups in total. The van der Waals surface area contributed by atoms with Crippen molar-refractivity contribution in [3.8, 4) is 6.07 Å². The van der Waals surface area contributed by atoms with Crippen LogP contribution in [0.15, 0.2) is 18.2 Å². The van der Waals surface area contributed by atoms with Crippen molar-refractivity contribution in [1.29, 1.82) is 5.26 Å². The summed E-state index contributed by atoms with van der Waals surface area (Å²) in [6.45, 7) is 2.58. The molecule has 0 bridgehead atoms. The molecule has 1 aromatic carbocycles. The maximum Gasteiger partial charge on any atom is 0.228 e. The maximum atomic E-state index is 11.8. The van der Waals surface area contributed by atoms with Gasteiger partial charge in [-0.1, -0.05) is 6.92 Å². The van der Waals surface area contributed by atoms with Crippen LogP contribution in [0, 0.1) is 11.3 Å². The number of nitrogens with two attached hydrogens (primary N) is 1. The van der Waals surface area contributed by atoms with Gasteiger partial charge in [-0.2, -0.15) is 5.26 Å². The third-order valence-electron chi connectivity index (χ3n) is 3.04. The average molecular weight is 229 g/mol. The Morgan fingerprint density at radius 2 is 2.35 bits per heavy atom. The zero-order valence-electron chi connectivity index (χ0n) is 9.81. The molecular weight excluding hydrogens is 214 g/mol. The summed E-state index contributed by atoms with van der Waals surface area (Å²) in [5, 5.41) is 8.86. The van der Waals surface area contributed by atoms with Gasteiger partial charge < -0.3 is 10.6 Å². The lowest BCUT2D eigenvalue weighted by Crippen LogP contribution is -2.28. The third-order valence-corrected chi connectivity index (χ3v) is 3.04. The molecule has 1 saturated heterocycles. The number of carbonyl (C=O) groups excluding carboxylic acids is 1. The molecule has 17 heavy (non-hydrogen) atoms. The van der Waals surface area contributed by atoms with Crippen LogP contribution in [0.25, 0.3) is 0 Å². The molecule has 1 atom stereocenters. The van der Waals surface area contributed by atoms with E-state index in [-0.39, 0.29) is 11.9 Å². The number of nitrogens with zero attached hydrogens (tertiary/aromatic N) is 2. The zero-order chi connectivity index (χ0) is 12.4. The molecule has 1 heterocycles. The fraction of sp³-hybridized carbons (Fsp3) is 0.385. The van der Waals surface area contributed by atoms with Gasteiger partial charge in [0.05, 0.1) is 11.6 Å². The van der Waals surface area contributed by atoms with Crippen LogP contribution in [-0.4, -0.2) is 18.5 Å². The van der Waals surface area contributed by atoms with Gasteiger partial charge in [0.15, 0.2) is 0 Å². The van der Waals surface area contributed by atoms with E-state index in [0.29, 0.717) is 18.5 Å². The number of rotatable bonds is 2. The zero-order valence-corrected chi connectivity index (χ0v) is 9.81. The van der Waals surface area contributed by atoms with Crippen LogP contribution < -0.4 is 10.6 Å². The minimum Gasteiger partial charge on any atom is -0.326 e. The largest absolute Gasteiger partial charge is 0.326 e. The maximum absolute atomic E-state index is 11.8. The Bertz CT molecular complexity index is 490. The summed E-state index contributed by atoms with van der Waals surface area (Å²) in [5.41, 5.74) is 8.32. The standard InChI is InChI=1S/C13H15N3O/c1-2-10-5-9(7-14)3-4-12(10)16-8-11(15)6-13(16)17/h3-5,11H,2,6,8,15H2,1H3. The molecule has 1 amide bonds. The first-order valence-corrected chi connectivity index (χ1v) is 5.74. The first-order chi connectivity index (χ1) is 8.15. The molecular formula is C13H15N3O. The van der Waals surface area contributed by atoms with Gasteiger partial charge >= 0.3 is 0 Å². The summed E-state index contributed by atoms with van der Waals surface area (Å²) in [5.74, 6) is 0.0666. The second-order valence-corrected chi connectivity index (χ2v) is 4.28. The van der Waals surface area contributed by atoms with E-state index in [0.717, 1.165) is 17.7 Å². The number of carbonyl (C=O) groups is 1. The van der Waals surface area contributed by atoms with Crippen LogP contribution in [0.1, 0.15) is 24.5 Å². The lowest BCUT2D eigenvalue weighted by atomic mass is 10.1. The fourth-order valence-corrected chi connectivity index (χ4v) is 2.17. The van der Waals surface area contributed by atoms with Gasteiger partial charge in [-0.15, -0.1) is 0 Å². The highest BCUT2D eigenvalue weighted by Crippen LogP contribution is 2.26. The van der Waals surface area contributed by atoms with Crippen LogP contribution in [0.5, 0.6) is 0 Å². The molecule has 0 saturated carbocycles. The molecule has 1 aliphatic heterocycles. The topological polar surface area (TPSA) is 70.1 Å². The van der Waals surface area contributed by atoms with Crippen LogP contribution in [0.2, 0.25) is 0 Å². The van der Waals surface area contributed by atoms with Gasteiger partial charge in [0.1, 0.15) is 0 Å². The highest BCUT2D eigenvalue weighted by atomic mass is 16.2. The lowest BCUT2D eigenvalue weighted by Gasteiger charge is -2.19. The SMILES string of the molecule is CCc1cc(C#N)ccc1N1CC(N)CC1=O. The fourth-order valence-electron chi connectivity index (χ4n) is 2.17. The quantitative estimate of drug-likeness (QED) is 0.828. The molecule has 1 fully saturated rings. The van der Waals surface area contributed by atoms with E-state index in [1.165, 1.54) is 0 Å². The number of hydrogen-bond donors (Lipinski definition) is 1. The predicted molar refractivity (Wildman–Crippen MR) is 65.5 cm³/mol. The third kappa shape index (κ3) is 2.15. The Labute approximate surface area is 101 Å². The molecule has 4 heteroatoms. The van der Waals surface area contributed by atoms with Gasteiger partial charge in [-0.3, -0.25) is 4.79 Å². The number of aryl methyl sites for hydroxylation is 1. The lowest BCUT2D eigenvalue weighted by molar-refractivity contribution is -0.117. The smallest absolute Gasteiger partial charge is 0.228 e. The number of hydrogen-bond acceptors (Lipinski definition) is 3. The number of anilines is 1. The first kappa shape index (κ1) is 11.6. The Kier molecular flexibility index (Phi) is 3.12. The molecule has 1 aliphatic rings. The highest BCUT2D eigenvalue weighted by molar-refractivity contribution is 5.97. The van der Waals surface area contributed by atoms with Crippen molar-refractivity contribution >= 4 is 11.6 Å². The predicted octanol–water partition coefficient (Wildman–Crippen LogP) is 1.18. The summed E-state index contributed by atoms with van der Waals surface area (Å²) in [7, 11) is 0. The Hall–Kier alpha value is -1.86. The highest BCUT2D eigenvalue weighted by Gasteiger charge is 2.29. The van der Waals surface area contributed by atoms with Crippen molar-refractivity contribution < 1.29 is 4.79 Å². The minimum atomic E-state index is -0.0807. The summed E-state index contributed by atoms with van der Waals surface area (Å²) in [6.07, 6.45) is 1.20. The second-order valence-electron chi connectivity index (χ2n) is 4.28. The molecule has 0 aromatic heterocycles. The van der Waals surface area contributed by atoms with Gasteiger partial charge in [0, 0.05) is 24.7 Å². The molecule has 4 nitrogen and oxygen atoms in total. The summed E-state index contributed by atoms with van der Waals surface area (Å²) in [6, 6.07) is 7.45. The van der Waals surface area contributed by atoms with Crippen molar-refractivity contribution in [1.82, 2.24) is 0 Å². The van der Waals surface area contributed by atoms with Crippen molar-refractivity contribution in [2.75, 3.05) is 11.4 Å². The number of benzene rings is 1. The molecule has 88 valence electrons. The first-order valence-electron chi connectivity index (χ1n) is 5.74. The van der Waals surface area contributed by atoms with Crippen LogP contribution >= 0.6 is 0 Å². The van der Waals surface area contributed by atoms with Crippen LogP contribution in [0.4, 0.5) is 5.69 Å². The number of amides is 1. The molecule has 2 rings (SSSR count). The average Bonchev–Trinajstić information content (AvgIpc) is 2.67. The van der Waals surface area contributed by atoms with E-state index in [4.69, 9.17) is 11.0 Å². The van der Waals surface area contributed by atoms with Crippen molar-refractivity contribution in [3.63, 3.8) is 0 Å². The summed E-state index contributed by atoms with van der Waals surface area (Å²) >= 11 is 0. The second kappa shape index (κ2) is 4.56. The van der Waals surface area contributed by atoms with E-state index in [1.54, 1.807) is 11.0 Å². The van der Waals surface area contributed by atoms with E-state index in [9.17, 15) is 4.79 Å². The van der Waals surface area contributed by atoms with Gasteiger partial charge in [0.2, 0.25) is 5.91 Å². The van der Waals surface area contributed by atoms with E-state index in [1.807, 2.05) is 19.1 Å². The summed E-state index contributed by atoms with van der Waals surface area (Å²) in [4.78, 5) is 13.5. The van der Waals surface area contributed by atoms with E-state index >= 15 is 0 Å².